The van der Waals surface area contributed by atoms with Crippen molar-refractivity contribution in [2.75, 3.05) is 0 Å². The first-order valence-electron chi connectivity index (χ1n) is 4.42. The molecule has 0 radical (unpaired) electrons. The summed E-state index contributed by atoms with van der Waals surface area (Å²) < 4.78 is 0. The van der Waals surface area contributed by atoms with Gasteiger partial charge in [-0.25, -0.2) is 4.98 Å². The van der Waals surface area contributed by atoms with Crippen molar-refractivity contribution in [1.29, 1.82) is 0 Å². The van der Waals surface area contributed by atoms with E-state index in [1.165, 1.54) is 15.5 Å². The van der Waals surface area contributed by atoms with Gasteiger partial charge in [0, 0.05) is 16.5 Å². The molecule has 2 aromatic rings. The summed E-state index contributed by atoms with van der Waals surface area (Å²) in [5.41, 5.74) is 1.31. The topological polar surface area (TPSA) is 12.9 Å². The Hall–Kier alpha value is -0.800. The Morgan fingerprint density at radius 1 is 1.29 bits per heavy atom. The quantitative estimate of drug-likeness (QED) is 0.732. The number of aromatic nitrogens is 1. The van der Waals surface area contributed by atoms with E-state index in [1.54, 1.807) is 11.3 Å². The number of thiazole rings is 1. The molecular weight excluding hydrogens is 210 g/mol. The van der Waals surface area contributed by atoms with Crippen LogP contribution in [0.2, 0.25) is 0 Å². The van der Waals surface area contributed by atoms with Crippen LogP contribution in [-0.4, -0.2) is 4.98 Å². The molecule has 0 aliphatic heterocycles. The molecule has 0 saturated heterocycles. The first kappa shape index (κ1) is 9.74. The maximum atomic E-state index is 4.25. The van der Waals surface area contributed by atoms with Crippen molar-refractivity contribution in [3.63, 3.8) is 0 Å². The van der Waals surface area contributed by atoms with Gasteiger partial charge in [-0.3, -0.25) is 0 Å². The Balaban J connectivity index is 1.95. The molecule has 1 aromatic heterocycles. The van der Waals surface area contributed by atoms with Crippen LogP contribution in [0.1, 0.15) is 10.6 Å². The van der Waals surface area contributed by atoms with Gasteiger partial charge in [0.2, 0.25) is 0 Å². The third kappa shape index (κ3) is 2.59. The van der Waals surface area contributed by atoms with E-state index in [4.69, 9.17) is 0 Å². The second-order valence-electron chi connectivity index (χ2n) is 3.03. The van der Waals surface area contributed by atoms with Crippen LogP contribution in [0.4, 0.5) is 0 Å². The van der Waals surface area contributed by atoms with Crippen LogP contribution in [0.25, 0.3) is 0 Å². The molecule has 0 aliphatic rings. The fourth-order valence-electron chi connectivity index (χ4n) is 1.10. The molecule has 0 bridgehead atoms. The second kappa shape index (κ2) is 4.62. The monoisotopic (exact) mass is 221 g/mol. The summed E-state index contributed by atoms with van der Waals surface area (Å²) in [7, 11) is 0. The first-order chi connectivity index (χ1) is 6.84. The average Bonchev–Trinajstić information content (AvgIpc) is 2.70. The maximum absolute atomic E-state index is 4.25. The normalized spacial score (nSPS) is 10.4. The SMILES string of the molecule is Cc1ccc(SCc2nccs2)cc1. The van der Waals surface area contributed by atoms with E-state index >= 15 is 0 Å². The molecule has 0 N–H and O–H groups in total. The van der Waals surface area contributed by atoms with Crippen molar-refractivity contribution in [1.82, 2.24) is 4.98 Å². The summed E-state index contributed by atoms with van der Waals surface area (Å²) in [6.07, 6.45) is 1.86. The minimum atomic E-state index is 0.973. The number of rotatable bonds is 3. The van der Waals surface area contributed by atoms with Gasteiger partial charge in [-0.1, -0.05) is 17.7 Å². The highest BCUT2D eigenvalue weighted by atomic mass is 32.2. The van der Waals surface area contributed by atoms with E-state index in [0.717, 1.165) is 5.75 Å². The van der Waals surface area contributed by atoms with Crippen LogP contribution in [0.5, 0.6) is 0 Å². The summed E-state index contributed by atoms with van der Waals surface area (Å²) in [6.45, 7) is 2.11. The highest BCUT2D eigenvalue weighted by Gasteiger charge is 1.97. The van der Waals surface area contributed by atoms with Crippen LogP contribution in [-0.2, 0) is 5.75 Å². The summed E-state index contributed by atoms with van der Waals surface area (Å²) >= 11 is 3.55. The van der Waals surface area contributed by atoms with Crippen molar-refractivity contribution >= 4 is 23.1 Å². The molecule has 0 amide bonds. The van der Waals surface area contributed by atoms with Crippen molar-refractivity contribution in [3.05, 3.63) is 46.4 Å². The lowest BCUT2D eigenvalue weighted by Crippen LogP contribution is -1.78. The number of hydrogen-bond donors (Lipinski definition) is 0. The number of aryl methyl sites for hydroxylation is 1. The van der Waals surface area contributed by atoms with Gasteiger partial charge in [0.25, 0.3) is 0 Å². The fourth-order valence-corrected chi connectivity index (χ4v) is 2.65. The Bertz CT molecular complexity index is 378. The van der Waals surface area contributed by atoms with E-state index < -0.39 is 0 Å². The van der Waals surface area contributed by atoms with E-state index in [1.807, 2.05) is 23.3 Å². The number of hydrogen-bond acceptors (Lipinski definition) is 3. The zero-order chi connectivity index (χ0) is 9.80. The lowest BCUT2D eigenvalue weighted by atomic mass is 10.2. The van der Waals surface area contributed by atoms with Crippen LogP contribution in [0, 0.1) is 6.92 Å². The molecule has 0 spiro atoms. The van der Waals surface area contributed by atoms with Gasteiger partial charge in [0.05, 0.1) is 5.75 Å². The molecule has 72 valence electrons. The highest BCUT2D eigenvalue weighted by molar-refractivity contribution is 7.98. The zero-order valence-electron chi connectivity index (χ0n) is 7.93. The number of benzene rings is 1. The van der Waals surface area contributed by atoms with Crippen LogP contribution in [0.3, 0.4) is 0 Å². The van der Waals surface area contributed by atoms with Crippen molar-refractivity contribution in [2.45, 2.75) is 17.6 Å². The molecule has 0 atom stereocenters. The second-order valence-corrected chi connectivity index (χ2v) is 5.06. The third-order valence-electron chi connectivity index (χ3n) is 1.87. The first-order valence-corrected chi connectivity index (χ1v) is 6.29. The molecule has 14 heavy (non-hydrogen) atoms. The predicted octanol–water partition coefficient (Wildman–Crippen LogP) is 3.74. The van der Waals surface area contributed by atoms with Gasteiger partial charge in [-0.2, -0.15) is 0 Å². The van der Waals surface area contributed by atoms with Gasteiger partial charge in [-0.05, 0) is 19.1 Å². The minimum absolute atomic E-state index is 0.973. The standard InChI is InChI=1S/C11H11NS2/c1-9-2-4-10(5-3-9)14-8-11-12-6-7-13-11/h2-7H,8H2,1H3. The van der Waals surface area contributed by atoms with Crippen molar-refractivity contribution in [3.8, 4) is 0 Å². The molecule has 1 aromatic carbocycles. The zero-order valence-corrected chi connectivity index (χ0v) is 9.57. The Kier molecular flexibility index (Phi) is 3.22. The fraction of sp³-hybridized carbons (Fsp3) is 0.182. The van der Waals surface area contributed by atoms with Gasteiger partial charge < -0.3 is 0 Å². The average molecular weight is 221 g/mol. The highest BCUT2D eigenvalue weighted by Crippen LogP contribution is 2.23. The van der Waals surface area contributed by atoms with Gasteiger partial charge in [0.1, 0.15) is 5.01 Å². The summed E-state index contributed by atoms with van der Waals surface area (Å²) in [4.78, 5) is 5.56. The van der Waals surface area contributed by atoms with Gasteiger partial charge in [-0.15, -0.1) is 23.1 Å². The summed E-state index contributed by atoms with van der Waals surface area (Å²) in [5, 5.41) is 3.21. The number of nitrogens with zero attached hydrogens (tertiary/aromatic N) is 1. The minimum Gasteiger partial charge on any atom is -0.249 e. The molecule has 3 heteroatoms. The van der Waals surface area contributed by atoms with Crippen LogP contribution < -0.4 is 0 Å². The Morgan fingerprint density at radius 2 is 2.07 bits per heavy atom. The summed E-state index contributed by atoms with van der Waals surface area (Å²) in [5.74, 6) is 0.973. The molecule has 1 nitrogen and oxygen atoms in total. The Labute approximate surface area is 92.2 Å². The number of thioether (sulfide) groups is 1. The largest absolute Gasteiger partial charge is 0.249 e. The van der Waals surface area contributed by atoms with E-state index in [9.17, 15) is 0 Å². The molecule has 2 rings (SSSR count). The Morgan fingerprint density at radius 3 is 2.71 bits per heavy atom. The molecule has 1 heterocycles. The van der Waals surface area contributed by atoms with Gasteiger partial charge in [0.15, 0.2) is 0 Å². The maximum Gasteiger partial charge on any atom is 0.103 e. The summed E-state index contributed by atoms with van der Waals surface area (Å²) in [6, 6.07) is 8.61. The predicted molar refractivity (Wildman–Crippen MR) is 62.9 cm³/mol. The van der Waals surface area contributed by atoms with Crippen molar-refractivity contribution < 1.29 is 0 Å². The van der Waals surface area contributed by atoms with E-state index in [-0.39, 0.29) is 0 Å². The lowest BCUT2D eigenvalue weighted by Gasteiger charge is -1.99. The third-order valence-corrected chi connectivity index (χ3v) is 3.85. The smallest absolute Gasteiger partial charge is 0.103 e. The molecule has 0 unspecified atom stereocenters. The molecular formula is C11H11NS2. The van der Waals surface area contributed by atoms with Gasteiger partial charge >= 0.3 is 0 Å². The van der Waals surface area contributed by atoms with Crippen LogP contribution in [0.15, 0.2) is 40.7 Å². The van der Waals surface area contributed by atoms with Crippen LogP contribution >= 0.6 is 23.1 Å². The lowest BCUT2D eigenvalue weighted by molar-refractivity contribution is 1.26. The molecule has 0 saturated carbocycles. The van der Waals surface area contributed by atoms with E-state index in [2.05, 4.69) is 36.2 Å². The van der Waals surface area contributed by atoms with E-state index in [0.29, 0.717) is 0 Å². The van der Waals surface area contributed by atoms with Crippen molar-refractivity contribution in [2.24, 2.45) is 0 Å². The molecule has 0 fully saturated rings. The molecule has 0 aliphatic carbocycles.